The molecule has 0 radical (unpaired) electrons. The van der Waals surface area contributed by atoms with Gasteiger partial charge in [0.25, 0.3) is 0 Å². The average molecular weight is 473 g/mol. The quantitative estimate of drug-likeness (QED) is 0.429. The summed E-state index contributed by atoms with van der Waals surface area (Å²) in [4.78, 5) is 12.2. The molecule has 0 bridgehead atoms. The third kappa shape index (κ3) is 4.44. The minimum absolute atomic E-state index is 0.0696. The van der Waals surface area contributed by atoms with Gasteiger partial charge in [0.2, 0.25) is 0 Å². The van der Waals surface area contributed by atoms with Crippen molar-refractivity contribution in [1.82, 2.24) is 24.3 Å². The number of aryl methyl sites for hydroxylation is 1. The first-order valence-corrected chi connectivity index (χ1v) is 12.4. The fourth-order valence-corrected chi connectivity index (χ4v) is 5.14. The summed E-state index contributed by atoms with van der Waals surface area (Å²) < 4.78 is 15.9. The van der Waals surface area contributed by atoms with Gasteiger partial charge in [-0.05, 0) is 45.7 Å². The summed E-state index contributed by atoms with van der Waals surface area (Å²) in [6, 6.07) is 12.6. The lowest BCUT2D eigenvalue weighted by molar-refractivity contribution is -0.0213. The molecule has 2 aliphatic rings. The molecule has 8 nitrogen and oxygen atoms in total. The topological polar surface area (TPSA) is 70.2 Å². The Morgan fingerprint density at radius 1 is 1.11 bits per heavy atom. The Bertz CT molecular complexity index is 1350. The van der Waals surface area contributed by atoms with E-state index in [2.05, 4.69) is 60.6 Å². The number of nitrogens with zero attached hydrogens (tertiary/aromatic N) is 6. The normalized spacial score (nSPS) is 20.1. The van der Waals surface area contributed by atoms with Crippen LogP contribution in [0.25, 0.3) is 28.2 Å². The summed E-state index contributed by atoms with van der Waals surface area (Å²) in [6.07, 6.45) is 6.16. The van der Waals surface area contributed by atoms with E-state index in [9.17, 15) is 0 Å². The van der Waals surface area contributed by atoms with Gasteiger partial charge in [-0.3, -0.25) is 0 Å². The number of rotatable bonds is 5. The minimum atomic E-state index is -0.0696. The number of hydrogen-bond acceptors (Lipinski definition) is 6. The molecule has 1 aromatic carbocycles. The molecule has 0 spiro atoms. The van der Waals surface area contributed by atoms with Gasteiger partial charge in [-0.1, -0.05) is 23.8 Å². The number of hydrogen-bond donors (Lipinski definition) is 0. The number of morpholine rings is 1. The fourth-order valence-electron chi connectivity index (χ4n) is 5.14. The number of benzene rings is 1. The van der Waals surface area contributed by atoms with Gasteiger partial charge in [0.05, 0.1) is 49.2 Å². The number of pyridine rings is 1. The second kappa shape index (κ2) is 8.77. The van der Waals surface area contributed by atoms with Gasteiger partial charge in [-0.15, -0.1) is 0 Å². The molecule has 35 heavy (non-hydrogen) atoms. The van der Waals surface area contributed by atoms with Gasteiger partial charge < -0.3 is 18.9 Å². The summed E-state index contributed by atoms with van der Waals surface area (Å²) in [7, 11) is 0. The highest BCUT2D eigenvalue weighted by molar-refractivity contribution is 5.87. The van der Waals surface area contributed by atoms with Gasteiger partial charge in [-0.25, -0.2) is 14.6 Å². The smallest absolute Gasteiger partial charge is 0.164 e. The Kier molecular flexibility index (Phi) is 5.57. The second-order valence-electron chi connectivity index (χ2n) is 10.2. The zero-order valence-electron chi connectivity index (χ0n) is 20.6. The van der Waals surface area contributed by atoms with Crippen molar-refractivity contribution in [3.8, 4) is 17.1 Å². The monoisotopic (exact) mass is 472 g/mol. The standard InChI is InChI=1S/C27H32N6O2/c1-19-5-4-6-20(15-19)22-8-10-33(30-22)24-16-23(31-11-13-34-14-12-31)25-26(29-24)32(18-28-25)17-21-7-9-27(2,3)35-21/h4-6,8,10,15-16,18,21H,7,9,11-14,17H2,1-3H3/t21-/m1/s1. The highest BCUT2D eigenvalue weighted by Gasteiger charge is 2.32. The molecule has 182 valence electrons. The summed E-state index contributed by atoms with van der Waals surface area (Å²) in [5, 5.41) is 4.88. The van der Waals surface area contributed by atoms with E-state index in [-0.39, 0.29) is 11.7 Å². The van der Waals surface area contributed by atoms with Crippen molar-refractivity contribution in [3.05, 3.63) is 54.5 Å². The van der Waals surface area contributed by atoms with E-state index in [0.717, 1.165) is 66.4 Å². The number of anilines is 1. The molecular formula is C27H32N6O2. The van der Waals surface area contributed by atoms with Gasteiger partial charge in [0.1, 0.15) is 5.52 Å². The minimum Gasteiger partial charge on any atom is -0.378 e. The van der Waals surface area contributed by atoms with Gasteiger partial charge in [0.15, 0.2) is 11.5 Å². The Balaban J connectivity index is 1.41. The molecule has 2 aliphatic heterocycles. The summed E-state index contributed by atoms with van der Waals surface area (Å²) in [5.41, 5.74) is 6.03. The molecule has 0 saturated carbocycles. The van der Waals surface area contributed by atoms with Crippen LogP contribution in [0.5, 0.6) is 0 Å². The predicted octanol–water partition coefficient (Wildman–Crippen LogP) is 4.39. The second-order valence-corrected chi connectivity index (χ2v) is 10.2. The molecule has 2 saturated heterocycles. The molecule has 0 N–H and O–H groups in total. The highest BCUT2D eigenvalue weighted by atomic mass is 16.5. The Morgan fingerprint density at radius 2 is 1.97 bits per heavy atom. The van der Waals surface area contributed by atoms with Crippen molar-refractivity contribution >= 4 is 16.9 Å². The lowest BCUT2D eigenvalue weighted by atomic mass is 10.1. The summed E-state index contributed by atoms with van der Waals surface area (Å²) >= 11 is 0. The van der Waals surface area contributed by atoms with Crippen LogP contribution in [0.2, 0.25) is 0 Å². The first kappa shape index (κ1) is 22.2. The van der Waals surface area contributed by atoms with Crippen molar-refractivity contribution < 1.29 is 9.47 Å². The molecule has 4 aromatic rings. The molecular weight excluding hydrogens is 440 g/mol. The third-order valence-electron chi connectivity index (χ3n) is 6.98. The SMILES string of the molecule is Cc1cccc(-c2ccn(-c3cc(N4CCOCC4)c4ncn(C[C@H]5CCC(C)(C)O5)c4n3)n2)c1. The van der Waals surface area contributed by atoms with Crippen LogP contribution in [0.3, 0.4) is 0 Å². The van der Waals surface area contributed by atoms with E-state index in [1.165, 1.54) is 5.56 Å². The lowest BCUT2D eigenvalue weighted by Gasteiger charge is -2.29. The van der Waals surface area contributed by atoms with E-state index < -0.39 is 0 Å². The molecule has 6 rings (SSSR count). The van der Waals surface area contributed by atoms with E-state index in [1.54, 1.807) is 0 Å². The van der Waals surface area contributed by atoms with Crippen LogP contribution in [0, 0.1) is 6.92 Å². The van der Waals surface area contributed by atoms with E-state index >= 15 is 0 Å². The van der Waals surface area contributed by atoms with Crippen LogP contribution in [0.1, 0.15) is 32.3 Å². The zero-order valence-corrected chi connectivity index (χ0v) is 20.6. The first-order valence-electron chi connectivity index (χ1n) is 12.4. The first-order chi connectivity index (χ1) is 16.9. The van der Waals surface area contributed by atoms with Crippen LogP contribution in [0.15, 0.2) is 48.9 Å². The van der Waals surface area contributed by atoms with Gasteiger partial charge >= 0.3 is 0 Å². The molecule has 3 aromatic heterocycles. The highest BCUT2D eigenvalue weighted by Crippen LogP contribution is 2.32. The Hall–Kier alpha value is -3.23. The van der Waals surface area contributed by atoms with Crippen LogP contribution in [0.4, 0.5) is 5.69 Å². The lowest BCUT2D eigenvalue weighted by Crippen LogP contribution is -2.36. The molecule has 2 fully saturated rings. The van der Waals surface area contributed by atoms with Gasteiger partial charge in [0, 0.05) is 30.9 Å². The number of imidazole rings is 1. The van der Waals surface area contributed by atoms with Crippen LogP contribution in [-0.4, -0.2) is 62.3 Å². The zero-order chi connectivity index (χ0) is 24.0. The molecule has 1 atom stereocenters. The van der Waals surface area contributed by atoms with Crippen molar-refractivity contribution in [3.63, 3.8) is 0 Å². The van der Waals surface area contributed by atoms with Crippen molar-refractivity contribution in [2.45, 2.75) is 51.9 Å². The molecule has 8 heteroatoms. The van der Waals surface area contributed by atoms with Crippen LogP contribution >= 0.6 is 0 Å². The van der Waals surface area contributed by atoms with Crippen molar-refractivity contribution in [2.24, 2.45) is 0 Å². The largest absolute Gasteiger partial charge is 0.378 e. The van der Waals surface area contributed by atoms with E-state index in [1.807, 2.05) is 23.3 Å². The number of ether oxygens (including phenoxy) is 2. The van der Waals surface area contributed by atoms with E-state index in [4.69, 9.17) is 24.5 Å². The maximum atomic E-state index is 6.27. The fraction of sp³-hybridized carbons (Fsp3) is 0.444. The molecule has 0 unspecified atom stereocenters. The average Bonchev–Trinajstić information content (AvgIpc) is 3.58. The number of fused-ring (bicyclic) bond motifs is 1. The van der Waals surface area contributed by atoms with Crippen molar-refractivity contribution in [2.75, 3.05) is 31.2 Å². The Labute approximate surface area is 205 Å². The number of aromatic nitrogens is 5. The predicted molar refractivity (Wildman–Crippen MR) is 136 cm³/mol. The summed E-state index contributed by atoms with van der Waals surface area (Å²) in [5.74, 6) is 0.785. The van der Waals surface area contributed by atoms with Crippen molar-refractivity contribution in [1.29, 1.82) is 0 Å². The Morgan fingerprint density at radius 3 is 2.74 bits per heavy atom. The van der Waals surface area contributed by atoms with Gasteiger partial charge in [-0.2, -0.15) is 5.10 Å². The summed E-state index contributed by atoms with van der Waals surface area (Å²) in [6.45, 7) is 10.3. The maximum Gasteiger partial charge on any atom is 0.164 e. The maximum absolute atomic E-state index is 6.27. The van der Waals surface area contributed by atoms with Crippen LogP contribution < -0.4 is 4.90 Å². The molecule has 0 aliphatic carbocycles. The molecule has 0 amide bonds. The molecule has 5 heterocycles. The van der Waals surface area contributed by atoms with E-state index in [0.29, 0.717) is 13.2 Å². The third-order valence-corrected chi connectivity index (χ3v) is 6.98. The van der Waals surface area contributed by atoms with Crippen LogP contribution in [-0.2, 0) is 16.0 Å².